The highest BCUT2D eigenvalue weighted by atomic mass is 32.2. The Balaban J connectivity index is 2.35. The zero-order chi connectivity index (χ0) is 14.0. The van der Waals surface area contributed by atoms with Gasteiger partial charge in [-0.2, -0.15) is 4.31 Å². The maximum atomic E-state index is 13.7. The number of hydrogen-bond donors (Lipinski definition) is 1. The monoisotopic (exact) mass is 288 g/mol. The molecule has 2 N–H and O–H groups in total. The van der Waals surface area contributed by atoms with Gasteiger partial charge in [0.1, 0.15) is 10.7 Å². The van der Waals surface area contributed by atoms with Gasteiger partial charge in [0.2, 0.25) is 10.0 Å². The second-order valence-electron chi connectivity index (χ2n) is 4.53. The highest BCUT2D eigenvalue weighted by Crippen LogP contribution is 2.33. The first kappa shape index (κ1) is 14.2. The van der Waals surface area contributed by atoms with Gasteiger partial charge in [0.25, 0.3) is 0 Å². The minimum atomic E-state index is -3.86. The van der Waals surface area contributed by atoms with Crippen molar-refractivity contribution in [3.05, 3.63) is 24.0 Å². The Hall–Kier alpha value is -1.18. The Kier molecular flexibility index (Phi) is 4.07. The van der Waals surface area contributed by atoms with Crippen molar-refractivity contribution in [2.45, 2.75) is 23.8 Å². The molecule has 1 aromatic carbocycles. The molecule has 1 saturated carbocycles. The van der Waals surface area contributed by atoms with Crippen molar-refractivity contribution in [3.63, 3.8) is 0 Å². The van der Waals surface area contributed by atoms with Gasteiger partial charge < -0.3 is 10.5 Å². The standard InChI is InChI=1S/C12H17FN2O3S/c1-18-7-6-15(10-3-4-10)19(16,17)12-8-9(14)2-5-11(12)13/h2,5,8,10H,3-4,6-7,14H2,1H3. The molecule has 1 aliphatic carbocycles. The van der Waals surface area contributed by atoms with Crippen LogP contribution < -0.4 is 5.73 Å². The molecule has 5 nitrogen and oxygen atoms in total. The molecule has 0 unspecified atom stereocenters. The molecule has 7 heteroatoms. The number of sulfonamides is 1. The maximum Gasteiger partial charge on any atom is 0.246 e. The van der Waals surface area contributed by atoms with E-state index >= 15 is 0 Å². The van der Waals surface area contributed by atoms with E-state index in [2.05, 4.69) is 0 Å². The molecular formula is C12H17FN2O3S. The van der Waals surface area contributed by atoms with E-state index < -0.39 is 15.8 Å². The lowest BCUT2D eigenvalue weighted by Gasteiger charge is -2.21. The van der Waals surface area contributed by atoms with Gasteiger partial charge in [-0.05, 0) is 31.0 Å². The lowest BCUT2D eigenvalue weighted by atomic mass is 10.3. The molecule has 106 valence electrons. The van der Waals surface area contributed by atoms with E-state index in [0.717, 1.165) is 25.0 Å². The van der Waals surface area contributed by atoms with E-state index in [4.69, 9.17) is 10.5 Å². The number of anilines is 1. The number of methoxy groups -OCH3 is 1. The average molecular weight is 288 g/mol. The molecule has 1 aliphatic rings. The van der Waals surface area contributed by atoms with Crippen LogP contribution in [-0.2, 0) is 14.8 Å². The summed E-state index contributed by atoms with van der Waals surface area (Å²) in [6.45, 7) is 0.497. The molecule has 1 fully saturated rings. The highest BCUT2D eigenvalue weighted by Gasteiger charge is 2.38. The van der Waals surface area contributed by atoms with Gasteiger partial charge in [0.05, 0.1) is 6.61 Å². The summed E-state index contributed by atoms with van der Waals surface area (Å²) in [7, 11) is -2.37. The summed E-state index contributed by atoms with van der Waals surface area (Å²) in [6.07, 6.45) is 1.60. The number of hydrogen-bond acceptors (Lipinski definition) is 4. The molecule has 0 aliphatic heterocycles. The Morgan fingerprint density at radius 2 is 2.16 bits per heavy atom. The van der Waals surface area contributed by atoms with E-state index in [0.29, 0.717) is 0 Å². The van der Waals surface area contributed by atoms with Crippen LogP contribution >= 0.6 is 0 Å². The Morgan fingerprint density at radius 3 is 2.74 bits per heavy atom. The van der Waals surface area contributed by atoms with E-state index in [1.807, 2.05) is 0 Å². The van der Waals surface area contributed by atoms with Crippen molar-refractivity contribution in [1.29, 1.82) is 0 Å². The van der Waals surface area contributed by atoms with Crippen molar-refractivity contribution in [2.75, 3.05) is 26.0 Å². The topological polar surface area (TPSA) is 72.6 Å². The predicted molar refractivity (Wildman–Crippen MR) is 69.6 cm³/mol. The first-order valence-corrected chi connectivity index (χ1v) is 7.46. The van der Waals surface area contributed by atoms with Crippen molar-refractivity contribution in [1.82, 2.24) is 4.31 Å². The summed E-state index contributed by atoms with van der Waals surface area (Å²) >= 11 is 0. The number of ether oxygens (including phenoxy) is 1. The van der Waals surface area contributed by atoms with Gasteiger partial charge in [-0.1, -0.05) is 0 Å². The van der Waals surface area contributed by atoms with Gasteiger partial charge in [0, 0.05) is 25.4 Å². The molecular weight excluding hydrogens is 271 g/mol. The summed E-state index contributed by atoms with van der Waals surface area (Å²) in [5.74, 6) is -0.780. The normalized spacial score (nSPS) is 15.9. The van der Waals surface area contributed by atoms with Crippen LogP contribution in [0.3, 0.4) is 0 Å². The van der Waals surface area contributed by atoms with E-state index in [1.54, 1.807) is 0 Å². The second kappa shape index (κ2) is 5.44. The van der Waals surface area contributed by atoms with Crippen LogP contribution in [0.15, 0.2) is 23.1 Å². The van der Waals surface area contributed by atoms with Crippen LogP contribution in [-0.4, -0.2) is 39.0 Å². The fourth-order valence-electron chi connectivity index (χ4n) is 1.89. The number of nitrogen functional groups attached to an aromatic ring is 1. The number of halogens is 1. The van der Waals surface area contributed by atoms with Crippen molar-refractivity contribution < 1.29 is 17.5 Å². The third kappa shape index (κ3) is 3.05. The first-order chi connectivity index (χ1) is 8.96. The molecule has 0 aromatic heterocycles. The van der Waals surface area contributed by atoms with Gasteiger partial charge >= 0.3 is 0 Å². The van der Waals surface area contributed by atoms with Crippen molar-refractivity contribution >= 4 is 15.7 Å². The van der Waals surface area contributed by atoms with E-state index in [9.17, 15) is 12.8 Å². The van der Waals surface area contributed by atoms with Crippen molar-refractivity contribution in [3.8, 4) is 0 Å². The zero-order valence-corrected chi connectivity index (χ0v) is 11.5. The van der Waals surface area contributed by atoms with Crippen LogP contribution in [0.2, 0.25) is 0 Å². The number of nitrogens with zero attached hydrogens (tertiary/aromatic N) is 1. The smallest absolute Gasteiger partial charge is 0.246 e. The molecule has 2 rings (SSSR count). The second-order valence-corrected chi connectivity index (χ2v) is 6.39. The number of nitrogens with two attached hydrogens (primary N) is 1. The summed E-state index contributed by atoms with van der Waals surface area (Å²) in [4.78, 5) is -0.365. The van der Waals surface area contributed by atoms with E-state index in [-0.39, 0.29) is 29.8 Å². The largest absolute Gasteiger partial charge is 0.399 e. The number of rotatable bonds is 6. The Bertz CT molecular complexity index is 558. The molecule has 0 spiro atoms. The fraction of sp³-hybridized carbons (Fsp3) is 0.500. The highest BCUT2D eigenvalue weighted by molar-refractivity contribution is 7.89. The fourth-order valence-corrected chi connectivity index (χ4v) is 3.66. The SMILES string of the molecule is COCCN(C1CC1)S(=O)(=O)c1cc(N)ccc1F. The molecule has 0 atom stereocenters. The van der Waals surface area contributed by atoms with Gasteiger partial charge in [-0.25, -0.2) is 12.8 Å². The van der Waals surface area contributed by atoms with Gasteiger partial charge in [-0.3, -0.25) is 0 Å². The summed E-state index contributed by atoms with van der Waals surface area (Å²) in [5.41, 5.74) is 5.77. The molecule has 0 heterocycles. The van der Waals surface area contributed by atoms with Crippen LogP contribution in [0.1, 0.15) is 12.8 Å². The van der Waals surface area contributed by atoms with Crippen LogP contribution in [0, 0.1) is 5.82 Å². The predicted octanol–water partition coefficient (Wildman–Crippen LogP) is 1.21. The van der Waals surface area contributed by atoms with E-state index in [1.165, 1.54) is 17.5 Å². The molecule has 0 amide bonds. The molecule has 19 heavy (non-hydrogen) atoms. The molecule has 1 aromatic rings. The molecule has 0 bridgehead atoms. The third-order valence-electron chi connectivity index (χ3n) is 3.01. The van der Waals surface area contributed by atoms with Gasteiger partial charge in [0.15, 0.2) is 0 Å². The zero-order valence-electron chi connectivity index (χ0n) is 10.7. The minimum Gasteiger partial charge on any atom is -0.399 e. The average Bonchev–Trinajstić information content (AvgIpc) is 3.17. The van der Waals surface area contributed by atoms with Crippen molar-refractivity contribution in [2.24, 2.45) is 0 Å². The molecule has 0 radical (unpaired) electrons. The van der Waals surface area contributed by atoms with Crippen LogP contribution in [0.5, 0.6) is 0 Å². The minimum absolute atomic E-state index is 0.0546. The van der Waals surface area contributed by atoms with Crippen LogP contribution in [0.25, 0.3) is 0 Å². The molecule has 0 saturated heterocycles. The summed E-state index contributed by atoms with van der Waals surface area (Å²) < 4.78 is 44.9. The third-order valence-corrected chi connectivity index (χ3v) is 4.98. The lowest BCUT2D eigenvalue weighted by molar-refractivity contribution is 0.177. The Labute approximate surface area is 112 Å². The Morgan fingerprint density at radius 1 is 1.47 bits per heavy atom. The summed E-state index contributed by atoms with van der Waals surface area (Å²) in [5, 5.41) is 0. The maximum absolute atomic E-state index is 13.7. The van der Waals surface area contributed by atoms with Crippen LogP contribution in [0.4, 0.5) is 10.1 Å². The quantitative estimate of drug-likeness (QED) is 0.799. The lowest BCUT2D eigenvalue weighted by Crippen LogP contribution is -2.36. The summed E-state index contributed by atoms with van der Waals surface area (Å²) in [6, 6.07) is 3.52. The number of benzene rings is 1. The van der Waals surface area contributed by atoms with Gasteiger partial charge in [-0.15, -0.1) is 0 Å². The first-order valence-electron chi connectivity index (χ1n) is 6.02.